The lowest BCUT2D eigenvalue weighted by Crippen LogP contribution is -2.67. The molecule has 0 saturated heterocycles. The molecule has 1 aliphatic rings. The lowest BCUT2D eigenvalue weighted by atomic mass is 10.1. The minimum Gasteiger partial charge on any atom is -0.488 e. The van der Waals surface area contributed by atoms with Gasteiger partial charge in [-0.1, -0.05) is 193 Å². The lowest BCUT2D eigenvalue weighted by molar-refractivity contribution is 0.173. The number of thiophene rings is 1. The van der Waals surface area contributed by atoms with E-state index in [9.17, 15) is 0 Å². The van der Waals surface area contributed by atoms with Crippen molar-refractivity contribution in [3.63, 3.8) is 0 Å². The first-order chi connectivity index (χ1) is 32.0. The highest BCUT2D eigenvalue weighted by molar-refractivity contribution is 7.11. The summed E-state index contributed by atoms with van der Waals surface area (Å²) in [7, 11) is -5.62. The largest absolute Gasteiger partial charge is 0.488 e. The highest BCUT2D eigenvalue weighted by Crippen LogP contribution is 2.42. The van der Waals surface area contributed by atoms with Crippen molar-refractivity contribution in [3.05, 3.63) is 191 Å². The number of rotatable bonds is 18. The molecule has 9 heteroatoms. The van der Waals surface area contributed by atoms with Crippen LogP contribution in [0.15, 0.2) is 175 Å². The van der Waals surface area contributed by atoms with Crippen LogP contribution in [-0.2, 0) is 15.5 Å². The molecule has 0 bridgehead atoms. The summed E-state index contributed by atoms with van der Waals surface area (Å²) in [6.45, 7) is 17.9. The molecule has 1 aliphatic heterocycles. The summed E-state index contributed by atoms with van der Waals surface area (Å²) >= 11 is 1.62. The van der Waals surface area contributed by atoms with Crippen LogP contribution in [0.4, 0.5) is 5.69 Å². The predicted molar refractivity (Wildman–Crippen MR) is 281 cm³/mol. The third-order valence-corrected chi connectivity index (χ3v) is 23.5. The van der Waals surface area contributed by atoms with Gasteiger partial charge in [0.1, 0.15) is 25.6 Å². The molecule has 6 nitrogen and oxygen atoms in total. The highest BCUT2D eigenvalue weighted by Gasteiger charge is 2.51. The Labute approximate surface area is 398 Å². The van der Waals surface area contributed by atoms with Gasteiger partial charge in [-0.15, -0.1) is 11.3 Å². The standard InChI is InChI=1S/C57H63NO5SSi2/c1-56(2,3)65(48-24-14-8-15-25-48,49-26-16-9-17-27-49)62-38-36-58(37-39-63-66(57(4,5)6,50-28-18-10-19-29-50)51-30-20-11-21-31-51)47-34-32-46(52(42-47)61-43-45-22-12-7-13-23-45)33-35-54-55-53(44-64-54)59-40-41-60-55/h7-35,42,44H,36-41,43H2,1-6H3. The molecule has 66 heavy (non-hydrogen) atoms. The average molecular weight is 930 g/mol. The van der Waals surface area contributed by atoms with Crippen molar-refractivity contribution in [1.82, 2.24) is 0 Å². The molecule has 340 valence electrons. The van der Waals surface area contributed by atoms with Crippen molar-refractivity contribution in [2.75, 3.05) is 44.4 Å². The van der Waals surface area contributed by atoms with Gasteiger partial charge in [-0.3, -0.25) is 0 Å². The molecule has 0 radical (unpaired) electrons. The van der Waals surface area contributed by atoms with Gasteiger partial charge in [-0.2, -0.15) is 0 Å². The number of hydrogen-bond acceptors (Lipinski definition) is 7. The van der Waals surface area contributed by atoms with Crippen LogP contribution >= 0.6 is 11.3 Å². The zero-order chi connectivity index (χ0) is 46.0. The summed E-state index contributed by atoms with van der Waals surface area (Å²) in [4.78, 5) is 3.45. The molecule has 1 aromatic heterocycles. The Morgan fingerprint density at radius 3 is 1.48 bits per heavy atom. The van der Waals surface area contributed by atoms with Gasteiger partial charge in [0.05, 0.1) is 18.1 Å². The van der Waals surface area contributed by atoms with Crippen molar-refractivity contribution >= 4 is 66.6 Å². The number of anilines is 1. The van der Waals surface area contributed by atoms with E-state index >= 15 is 0 Å². The van der Waals surface area contributed by atoms with Crippen molar-refractivity contribution in [2.24, 2.45) is 0 Å². The second-order valence-corrected chi connectivity index (χ2v) is 28.4. The summed E-state index contributed by atoms with van der Waals surface area (Å²) in [5, 5.41) is 6.77. The summed E-state index contributed by atoms with van der Waals surface area (Å²) in [5.74, 6) is 2.40. The normalized spacial score (nSPS) is 13.2. The van der Waals surface area contributed by atoms with E-state index in [1.807, 2.05) is 11.4 Å². The fourth-order valence-electron chi connectivity index (χ4n) is 9.39. The number of fused-ring (bicyclic) bond motifs is 1. The molecule has 6 aromatic carbocycles. The Kier molecular flexibility index (Phi) is 14.8. The number of ether oxygens (including phenoxy) is 3. The van der Waals surface area contributed by atoms with Gasteiger partial charge < -0.3 is 28.0 Å². The first-order valence-electron chi connectivity index (χ1n) is 23.1. The van der Waals surface area contributed by atoms with Crippen LogP contribution in [0.3, 0.4) is 0 Å². The van der Waals surface area contributed by atoms with E-state index in [-0.39, 0.29) is 10.1 Å². The quantitative estimate of drug-likeness (QED) is 0.0799. The average Bonchev–Trinajstić information content (AvgIpc) is 3.76. The van der Waals surface area contributed by atoms with Gasteiger partial charge in [0.25, 0.3) is 16.6 Å². The van der Waals surface area contributed by atoms with Crippen LogP contribution in [0.2, 0.25) is 10.1 Å². The Morgan fingerprint density at radius 2 is 1.02 bits per heavy atom. The van der Waals surface area contributed by atoms with Gasteiger partial charge >= 0.3 is 0 Å². The number of nitrogens with zero attached hydrogens (tertiary/aromatic N) is 1. The van der Waals surface area contributed by atoms with Crippen LogP contribution < -0.4 is 39.9 Å². The molecule has 2 heterocycles. The summed E-state index contributed by atoms with van der Waals surface area (Å²) < 4.78 is 33.7. The van der Waals surface area contributed by atoms with Crippen LogP contribution in [0.1, 0.15) is 57.5 Å². The maximum absolute atomic E-state index is 7.54. The molecule has 0 fully saturated rings. The molecular formula is C57H63NO5SSi2. The van der Waals surface area contributed by atoms with E-state index < -0.39 is 16.6 Å². The van der Waals surface area contributed by atoms with E-state index in [2.05, 4.69) is 222 Å². The van der Waals surface area contributed by atoms with Crippen molar-refractivity contribution < 1.29 is 23.1 Å². The predicted octanol–water partition coefficient (Wildman–Crippen LogP) is 11.2. The van der Waals surface area contributed by atoms with Gasteiger partial charge in [0.15, 0.2) is 11.5 Å². The van der Waals surface area contributed by atoms with Gasteiger partial charge in [-0.05, 0) is 60.7 Å². The second kappa shape index (κ2) is 20.9. The van der Waals surface area contributed by atoms with E-state index in [1.165, 1.54) is 20.7 Å². The molecular weight excluding hydrogens is 867 g/mol. The summed E-state index contributed by atoms with van der Waals surface area (Å²) in [6, 6.07) is 60.5. The first kappa shape index (κ1) is 46.8. The summed E-state index contributed by atoms with van der Waals surface area (Å²) in [6.07, 6.45) is 4.23. The fraction of sp³-hybridized carbons (Fsp3) is 0.263. The summed E-state index contributed by atoms with van der Waals surface area (Å²) in [5.41, 5.74) is 3.11. The molecule has 8 rings (SSSR count). The zero-order valence-corrected chi connectivity index (χ0v) is 42.1. The Hall–Kier alpha value is -5.69. The third-order valence-electron chi connectivity index (χ3n) is 12.5. The van der Waals surface area contributed by atoms with E-state index in [0.29, 0.717) is 46.1 Å². The fourth-order valence-corrected chi connectivity index (χ4v) is 19.3. The molecule has 0 spiro atoms. The first-order valence-corrected chi connectivity index (χ1v) is 27.8. The van der Waals surface area contributed by atoms with E-state index in [4.69, 9.17) is 23.1 Å². The number of hydrogen-bond donors (Lipinski definition) is 0. The molecule has 0 atom stereocenters. The van der Waals surface area contributed by atoms with Crippen molar-refractivity contribution in [3.8, 4) is 17.2 Å². The van der Waals surface area contributed by atoms with Crippen LogP contribution in [0.25, 0.3) is 12.2 Å². The van der Waals surface area contributed by atoms with Gasteiger partial charge in [0, 0.05) is 35.8 Å². The van der Waals surface area contributed by atoms with Crippen molar-refractivity contribution in [1.29, 1.82) is 0 Å². The monoisotopic (exact) mass is 929 g/mol. The van der Waals surface area contributed by atoms with Gasteiger partial charge in [0.2, 0.25) is 0 Å². The second-order valence-electron chi connectivity index (χ2n) is 18.8. The maximum Gasteiger partial charge on any atom is 0.261 e. The minimum absolute atomic E-state index is 0.154. The Morgan fingerprint density at radius 1 is 0.561 bits per heavy atom. The highest BCUT2D eigenvalue weighted by atomic mass is 32.1. The molecule has 7 aromatic rings. The minimum atomic E-state index is -2.81. The maximum atomic E-state index is 7.54. The van der Waals surface area contributed by atoms with E-state index in [1.54, 1.807) is 11.3 Å². The van der Waals surface area contributed by atoms with Crippen LogP contribution in [-0.4, -0.2) is 56.2 Å². The van der Waals surface area contributed by atoms with E-state index in [0.717, 1.165) is 38.9 Å². The molecule has 0 N–H and O–H groups in total. The van der Waals surface area contributed by atoms with Crippen LogP contribution in [0, 0.1) is 0 Å². The Balaban J connectivity index is 1.17. The van der Waals surface area contributed by atoms with Crippen LogP contribution in [0.5, 0.6) is 17.2 Å². The number of benzene rings is 6. The Bertz CT molecular complexity index is 2440. The van der Waals surface area contributed by atoms with Crippen molar-refractivity contribution in [2.45, 2.75) is 58.2 Å². The van der Waals surface area contributed by atoms with Gasteiger partial charge in [-0.25, -0.2) is 0 Å². The SMILES string of the molecule is CC(C)(C)[Si](OCCN(CCO[Si](c1ccccc1)(c1ccccc1)C(C)(C)C)c1ccc(C=Cc2scc3c2OCCO3)c(OCc2ccccc2)c1)(c1ccccc1)c1ccccc1. The molecule has 0 unspecified atom stereocenters. The lowest BCUT2D eigenvalue weighted by Gasteiger charge is -2.44. The molecule has 0 amide bonds. The smallest absolute Gasteiger partial charge is 0.261 e. The zero-order valence-electron chi connectivity index (χ0n) is 39.2. The third kappa shape index (κ3) is 10.2. The molecule has 0 aliphatic carbocycles. The topological polar surface area (TPSA) is 49.4 Å². The molecule has 0 saturated carbocycles.